The highest BCUT2D eigenvalue weighted by Gasteiger charge is 2.28. The number of hydrogen-bond donors (Lipinski definition) is 1. The Labute approximate surface area is 87.2 Å². The minimum atomic E-state index is -0.582. The van der Waals surface area contributed by atoms with Crippen LogP contribution in [-0.2, 0) is 9.53 Å². The highest BCUT2D eigenvalue weighted by molar-refractivity contribution is 5.95. The van der Waals surface area contributed by atoms with Crippen molar-refractivity contribution in [3.8, 4) is 0 Å². The van der Waals surface area contributed by atoms with Crippen molar-refractivity contribution in [2.75, 3.05) is 0 Å². The Bertz CT molecular complexity index is 364. The zero-order valence-electron chi connectivity index (χ0n) is 7.21. The van der Waals surface area contributed by atoms with Crippen LogP contribution >= 0.6 is 12.4 Å². The molecule has 5 heteroatoms. The van der Waals surface area contributed by atoms with Crippen molar-refractivity contribution in [3.05, 3.63) is 35.9 Å². The average molecular weight is 213 g/mol. The second-order valence-corrected chi connectivity index (χ2v) is 2.70. The lowest BCUT2D eigenvalue weighted by molar-refractivity contribution is -0.135. The first-order chi connectivity index (χ1) is 6.27. The average Bonchev–Trinajstić information content (AvgIpc) is 2.47. The van der Waals surface area contributed by atoms with Crippen LogP contribution in [0, 0.1) is 0 Å². The van der Waals surface area contributed by atoms with Gasteiger partial charge in [-0.25, -0.2) is 9.79 Å². The molecule has 0 radical (unpaired) electrons. The van der Waals surface area contributed by atoms with E-state index in [4.69, 9.17) is 5.73 Å². The normalized spacial score (nSPS) is 19.6. The molecule has 1 unspecified atom stereocenters. The van der Waals surface area contributed by atoms with Crippen molar-refractivity contribution < 1.29 is 9.53 Å². The molecule has 1 aromatic rings. The first kappa shape index (κ1) is 10.5. The number of esters is 1. The molecule has 0 spiro atoms. The highest BCUT2D eigenvalue weighted by Crippen LogP contribution is 2.22. The molecule has 1 aliphatic heterocycles. The van der Waals surface area contributed by atoms with E-state index in [0.717, 1.165) is 5.56 Å². The maximum atomic E-state index is 11.2. The van der Waals surface area contributed by atoms with Crippen LogP contribution in [0.25, 0.3) is 0 Å². The molecular formula is C9H9ClN2O2. The number of carbonyl (C=O) groups excluding carboxylic acids is 1. The fourth-order valence-corrected chi connectivity index (χ4v) is 1.21. The molecule has 0 amide bonds. The number of ether oxygens (including phenoxy) is 1. The van der Waals surface area contributed by atoms with Crippen LogP contribution in [0.15, 0.2) is 35.3 Å². The summed E-state index contributed by atoms with van der Waals surface area (Å²) in [5.74, 6) is -0.413. The lowest BCUT2D eigenvalue weighted by atomic mass is 10.1. The van der Waals surface area contributed by atoms with Gasteiger partial charge in [0, 0.05) is 0 Å². The number of nitrogens with zero attached hydrogens (tertiary/aromatic N) is 1. The summed E-state index contributed by atoms with van der Waals surface area (Å²) in [6.07, 6.45) is 0. The molecule has 0 bridgehead atoms. The maximum Gasteiger partial charge on any atom is 0.343 e. The summed E-state index contributed by atoms with van der Waals surface area (Å²) in [5.41, 5.74) is 6.06. The van der Waals surface area contributed by atoms with E-state index in [0.29, 0.717) is 0 Å². The fourth-order valence-electron chi connectivity index (χ4n) is 1.21. The summed E-state index contributed by atoms with van der Waals surface area (Å²) < 4.78 is 4.62. The highest BCUT2D eigenvalue weighted by atomic mass is 35.5. The molecule has 74 valence electrons. The van der Waals surface area contributed by atoms with Gasteiger partial charge >= 0.3 is 5.97 Å². The SMILES string of the molecule is Cl.NC1=NC(c2ccccc2)C(=O)O1. The Morgan fingerprint density at radius 3 is 2.43 bits per heavy atom. The Balaban J connectivity index is 0.000000980. The Kier molecular flexibility index (Phi) is 3.09. The predicted molar refractivity (Wildman–Crippen MR) is 54.1 cm³/mol. The Hall–Kier alpha value is -1.55. The summed E-state index contributed by atoms with van der Waals surface area (Å²) in [6, 6.07) is 8.54. The van der Waals surface area contributed by atoms with Gasteiger partial charge in [0.05, 0.1) is 0 Å². The lowest BCUT2D eigenvalue weighted by Crippen LogP contribution is -2.13. The van der Waals surface area contributed by atoms with Gasteiger partial charge in [-0.2, -0.15) is 0 Å². The molecule has 1 aliphatic rings. The molecule has 4 nitrogen and oxygen atoms in total. The Morgan fingerprint density at radius 1 is 1.29 bits per heavy atom. The minimum Gasteiger partial charge on any atom is -0.391 e. The molecule has 2 N–H and O–H groups in total. The molecule has 14 heavy (non-hydrogen) atoms. The third-order valence-electron chi connectivity index (χ3n) is 1.80. The standard InChI is InChI=1S/C9H8N2O2.ClH/c10-9-11-7(8(12)13-9)6-4-2-1-3-5-6;/h1-5,7H,(H2,10,11);1H. The van der Waals surface area contributed by atoms with Gasteiger partial charge in [0.15, 0.2) is 6.04 Å². The van der Waals surface area contributed by atoms with Gasteiger partial charge in [0.25, 0.3) is 6.02 Å². The molecule has 1 atom stereocenters. The molecule has 1 heterocycles. The fraction of sp³-hybridized carbons (Fsp3) is 0.111. The number of hydrogen-bond acceptors (Lipinski definition) is 4. The molecule has 1 aromatic carbocycles. The number of rotatable bonds is 1. The van der Waals surface area contributed by atoms with Gasteiger partial charge in [0.2, 0.25) is 0 Å². The summed E-state index contributed by atoms with van der Waals surface area (Å²) in [5, 5.41) is 0. The van der Waals surface area contributed by atoms with Crippen LogP contribution < -0.4 is 5.73 Å². The summed E-state index contributed by atoms with van der Waals surface area (Å²) in [7, 11) is 0. The van der Waals surface area contributed by atoms with Crippen LogP contribution in [0.1, 0.15) is 11.6 Å². The molecule has 2 rings (SSSR count). The molecular weight excluding hydrogens is 204 g/mol. The second kappa shape index (κ2) is 4.11. The van der Waals surface area contributed by atoms with Crippen molar-refractivity contribution >= 4 is 24.4 Å². The quantitative estimate of drug-likeness (QED) is 0.707. The van der Waals surface area contributed by atoms with Gasteiger partial charge in [-0.05, 0) is 5.56 Å². The van der Waals surface area contributed by atoms with Crippen molar-refractivity contribution in [3.63, 3.8) is 0 Å². The van der Waals surface area contributed by atoms with Crippen LogP contribution in [0.2, 0.25) is 0 Å². The number of nitrogens with two attached hydrogens (primary N) is 1. The van der Waals surface area contributed by atoms with Crippen LogP contribution in [0.3, 0.4) is 0 Å². The smallest absolute Gasteiger partial charge is 0.343 e. The van der Waals surface area contributed by atoms with Gasteiger partial charge in [-0.3, -0.25) is 0 Å². The van der Waals surface area contributed by atoms with E-state index in [1.54, 1.807) is 0 Å². The zero-order chi connectivity index (χ0) is 9.26. The number of aliphatic imine (C=N–C) groups is 1. The predicted octanol–water partition coefficient (Wildman–Crippen LogP) is 1.02. The third-order valence-corrected chi connectivity index (χ3v) is 1.80. The van der Waals surface area contributed by atoms with Crippen molar-refractivity contribution in [1.29, 1.82) is 0 Å². The van der Waals surface area contributed by atoms with E-state index in [1.165, 1.54) is 0 Å². The van der Waals surface area contributed by atoms with E-state index in [9.17, 15) is 4.79 Å². The number of benzene rings is 1. The largest absolute Gasteiger partial charge is 0.391 e. The summed E-state index contributed by atoms with van der Waals surface area (Å²) >= 11 is 0. The molecule has 0 fully saturated rings. The second-order valence-electron chi connectivity index (χ2n) is 2.70. The zero-order valence-corrected chi connectivity index (χ0v) is 8.03. The van der Waals surface area contributed by atoms with Crippen molar-refractivity contribution in [2.24, 2.45) is 10.7 Å². The van der Waals surface area contributed by atoms with Gasteiger partial charge in [-0.1, -0.05) is 30.3 Å². The van der Waals surface area contributed by atoms with Crippen LogP contribution in [-0.4, -0.2) is 12.0 Å². The lowest BCUT2D eigenvalue weighted by Gasteiger charge is -2.01. The molecule has 0 saturated carbocycles. The van der Waals surface area contributed by atoms with Crippen LogP contribution in [0.4, 0.5) is 0 Å². The Morgan fingerprint density at radius 2 is 1.93 bits per heavy atom. The van der Waals surface area contributed by atoms with Crippen molar-refractivity contribution in [2.45, 2.75) is 6.04 Å². The van der Waals surface area contributed by atoms with Crippen LogP contribution in [0.5, 0.6) is 0 Å². The number of amidine groups is 1. The summed E-state index contributed by atoms with van der Waals surface area (Å²) in [4.78, 5) is 15.0. The van der Waals surface area contributed by atoms with Gasteiger partial charge < -0.3 is 10.5 Å². The van der Waals surface area contributed by atoms with Crippen molar-refractivity contribution in [1.82, 2.24) is 0 Å². The first-order valence-electron chi connectivity index (χ1n) is 3.87. The third kappa shape index (κ3) is 1.85. The maximum absolute atomic E-state index is 11.2. The van der Waals surface area contributed by atoms with E-state index in [1.807, 2.05) is 30.3 Å². The molecule has 0 aromatic heterocycles. The molecule has 0 saturated heterocycles. The minimum absolute atomic E-state index is 0. The monoisotopic (exact) mass is 212 g/mol. The first-order valence-corrected chi connectivity index (χ1v) is 3.87. The van der Waals surface area contributed by atoms with E-state index >= 15 is 0 Å². The van der Waals surface area contributed by atoms with Gasteiger partial charge in [0.1, 0.15) is 0 Å². The number of carbonyl (C=O) groups is 1. The van der Waals surface area contributed by atoms with E-state index in [-0.39, 0.29) is 18.4 Å². The summed E-state index contributed by atoms with van der Waals surface area (Å²) in [6.45, 7) is 0. The topological polar surface area (TPSA) is 64.7 Å². The van der Waals surface area contributed by atoms with Gasteiger partial charge in [-0.15, -0.1) is 12.4 Å². The number of halogens is 1. The van der Waals surface area contributed by atoms with E-state index < -0.39 is 12.0 Å². The van der Waals surface area contributed by atoms with E-state index in [2.05, 4.69) is 9.73 Å². The molecule has 0 aliphatic carbocycles. The number of cyclic esters (lactones) is 1.